The van der Waals surface area contributed by atoms with E-state index in [-0.39, 0.29) is 0 Å². The van der Waals surface area contributed by atoms with E-state index in [1.54, 1.807) is 13.8 Å². The van der Waals surface area contributed by atoms with Gasteiger partial charge in [-0.25, -0.2) is 4.79 Å². The van der Waals surface area contributed by atoms with Crippen LogP contribution in [0.2, 0.25) is 0 Å². The highest BCUT2D eigenvalue weighted by Gasteiger charge is 2.47. The minimum Gasteiger partial charge on any atom is -0.481 e. The van der Waals surface area contributed by atoms with Gasteiger partial charge in [-0.1, -0.05) is 13.3 Å². The van der Waals surface area contributed by atoms with Crippen LogP contribution in [-0.2, 0) is 28.7 Å². The Balaban J connectivity index is 5.26. The smallest absolute Gasteiger partial charge is 0.349 e. The Bertz CT molecular complexity index is 436. The van der Waals surface area contributed by atoms with E-state index in [2.05, 4.69) is 4.74 Å². The predicted molar refractivity (Wildman–Crippen MR) is 74.1 cm³/mol. The van der Waals surface area contributed by atoms with E-state index in [1.807, 2.05) is 6.92 Å². The Labute approximate surface area is 128 Å². The number of ether oxygens (including phenoxy) is 2. The van der Waals surface area contributed by atoms with Gasteiger partial charge in [-0.05, 0) is 20.3 Å². The molecule has 0 saturated heterocycles. The Morgan fingerprint density at radius 3 is 1.91 bits per heavy atom. The van der Waals surface area contributed by atoms with Crippen LogP contribution in [0.4, 0.5) is 0 Å². The van der Waals surface area contributed by atoms with Gasteiger partial charge in [0.15, 0.2) is 0 Å². The standard InChI is InChI=1S/C14H22O8/c1-5-6-13(3,4)22-11(18)8-14(12(19)20,7-10(16)17)21-9(2)15/h5-8H2,1-4H3,(H,16,17)(H,19,20). The fourth-order valence-electron chi connectivity index (χ4n) is 2.08. The minimum absolute atomic E-state index is 0.547. The van der Waals surface area contributed by atoms with Crippen molar-refractivity contribution in [2.75, 3.05) is 0 Å². The molecule has 0 spiro atoms. The van der Waals surface area contributed by atoms with Gasteiger partial charge >= 0.3 is 23.9 Å². The first-order chi connectivity index (χ1) is 9.94. The van der Waals surface area contributed by atoms with Crippen LogP contribution < -0.4 is 0 Å². The average molecular weight is 318 g/mol. The van der Waals surface area contributed by atoms with Crippen LogP contribution in [0.5, 0.6) is 0 Å². The zero-order valence-corrected chi connectivity index (χ0v) is 13.2. The summed E-state index contributed by atoms with van der Waals surface area (Å²) in [6.45, 7) is 6.13. The van der Waals surface area contributed by atoms with Gasteiger partial charge in [-0.15, -0.1) is 0 Å². The molecular formula is C14H22O8. The molecular weight excluding hydrogens is 296 g/mol. The molecule has 0 radical (unpaired) electrons. The van der Waals surface area contributed by atoms with E-state index in [0.29, 0.717) is 6.42 Å². The number of aliphatic carboxylic acids is 2. The average Bonchev–Trinajstić information content (AvgIpc) is 2.24. The number of carboxylic acids is 2. The first kappa shape index (κ1) is 19.9. The fraction of sp³-hybridized carbons (Fsp3) is 0.714. The Kier molecular flexibility index (Phi) is 7.02. The maximum absolute atomic E-state index is 11.9. The molecule has 1 atom stereocenters. The number of esters is 2. The highest BCUT2D eigenvalue weighted by atomic mass is 16.6. The maximum atomic E-state index is 11.9. The lowest BCUT2D eigenvalue weighted by Crippen LogP contribution is -2.47. The van der Waals surface area contributed by atoms with Crippen molar-refractivity contribution >= 4 is 23.9 Å². The van der Waals surface area contributed by atoms with Crippen molar-refractivity contribution in [3.63, 3.8) is 0 Å². The molecule has 0 fully saturated rings. The summed E-state index contributed by atoms with van der Waals surface area (Å²) in [5, 5.41) is 18.1. The van der Waals surface area contributed by atoms with Gasteiger partial charge in [0, 0.05) is 6.92 Å². The molecule has 0 aliphatic heterocycles. The molecule has 0 aromatic heterocycles. The van der Waals surface area contributed by atoms with Crippen molar-refractivity contribution in [2.45, 2.75) is 64.6 Å². The lowest BCUT2D eigenvalue weighted by molar-refractivity contribution is -0.188. The topological polar surface area (TPSA) is 127 Å². The minimum atomic E-state index is -2.48. The molecule has 22 heavy (non-hydrogen) atoms. The Morgan fingerprint density at radius 2 is 1.55 bits per heavy atom. The third-order valence-electron chi connectivity index (χ3n) is 2.84. The molecule has 0 rings (SSSR count). The lowest BCUT2D eigenvalue weighted by Gasteiger charge is -2.29. The van der Waals surface area contributed by atoms with Crippen molar-refractivity contribution in [2.24, 2.45) is 0 Å². The number of hydrogen-bond donors (Lipinski definition) is 2. The summed E-state index contributed by atoms with van der Waals surface area (Å²) in [6, 6.07) is 0. The van der Waals surface area contributed by atoms with Crippen molar-refractivity contribution in [1.29, 1.82) is 0 Å². The summed E-state index contributed by atoms with van der Waals surface area (Å²) in [7, 11) is 0. The molecule has 0 bridgehead atoms. The predicted octanol–water partition coefficient (Wildman–Crippen LogP) is 1.36. The van der Waals surface area contributed by atoms with Crippen molar-refractivity contribution < 1.29 is 38.9 Å². The molecule has 2 N–H and O–H groups in total. The van der Waals surface area contributed by atoms with Crippen LogP contribution in [0.25, 0.3) is 0 Å². The van der Waals surface area contributed by atoms with Gasteiger partial charge in [-0.2, -0.15) is 0 Å². The van der Waals surface area contributed by atoms with Crippen LogP contribution in [0.15, 0.2) is 0 Å². The summed E-state index contributed by atoms with van der Waals surface area (Å²) in [6.07, 6.45) is -0.624. The van der Waals surface area contributed by atoms with E-state index in [4.69, 9.17) is 9.84 Å². The first-order valence-corrected chi connectivity index (χ1v) is 6.81. The van der Waals surface area contributed by atoms with E-state index < -0.39 is 47.9 Å². The quantitative estimate of drug-likeness (QED) is 0.610. The zero-order valence-electron chi connectivity index (χ0n) is 13.2. The van der Waals surface area contributed by atoms with Crippen LogP contribution >= 0.6 is 0 Å². The highest BCUT2D eigenvalue weighted by molar-refractivity contribution is 5.90. The van der Waals surface area contributed by atoms with Gasteiger partial charge in [0.1, 0.15) is 5.60 Å². The molecule has 0 aromatic carbocycles. The maximum Gasteiger partial charge on any atom is 0.349 e. The lowest BCUT2D eigenvalue weighted by atomic mass is 9.94. The van der Waals surface area contributed by atoms with Crippen molar-refractivity contribution in [1.82, 2.24) is 0 Å². The molecule has 8 nitrogen and oxygen atoms in total. The zero-order chi connectivity index (χ0) is 17.6. The van der Waals surface area contributed by atoms with Crippen molar-refractivity contribution in [3.05, 3.63) is 0 Å². The third-order valence-corrected chi connectivity index (χ3v) is 2.84. The van der Waals surface area contributed by atoms with Crippen LogP contribution in [0.3, 0.4) is 0 Å². The van der Waals surface area contributed by atoms with Gasteiger partial charge in [0.2, 0.25) is 5.60 Å². The van der Waals surface area contributed by atoms with Crippen LogP contribution in [0.1, 0.15) is 53.4 Å². The fourth-order valence-corrected chi connectivity index (χ4v) is 2.08. The first-order valence-electron chi connectivity index (χ1n) is 6.81. The Hall–Kier alpha value is -2.12. The van der Waals surface area contributed by atoms with E-state index in [1.165, 1.54) is 0 Å². The molecule has 0 aliphatic rings. The molecule has 0 heterocycles. The number of carboxylic acid groups (broad SMARTS) is 2. The second kappa shape index (κ2) is 7.77. The van der Waals surface area contributed by atoms with Gasteiger partial charge in [-0.3, -0.25) is 14.4 Å². The highest BCUT2D eigenvalue weighted by Crippen LogP contribution is 2.25. The number of carbonyl (C=O) groups is 4. The van der Waals surface area contributed by atoms with Crippen molar-refractivity contribution in [3.8, 4) is 0 Å². The molecule has 0 saturated carbocycles. The molecule has 0 aliphatic carbocycles. The molecule has 8 heteroatoms. The van der Waals surface area contributed by atoms with E-state index >= 15 is 0 Å². The van der Waals surface area contributed by atoms with E-state index in [0.717, 1.165) is 13.3 Å². The largest absolute Gasteiger partial charge is 0.481 e. The third kappa shape index (κ3) is 6.55. The van der Waals surface area contributed by atoms with E-state index in [9.17, 15) is 24.3 Å². The van der Waals surface area contributed by atoms with Crippen LogP contribution in [0, 0.1) is 0 Å². The van der Waals surface area contributed by atoms with Gasteiger partial charge in [0.25, 0.3) is 0 Å². The van der Waals surface area contributed by atoms with Crippen LogP contribution in [-0.4, -0.2) is 45.3 Å². The number of carbonyl (C=O) groups excluding carboxylic acids is 2. The SMILES string of the molecule is CCCC(C)(C)OC(=O)CC(CC(=O)O)(OC(C)=O)C(=O)O. The molecule has 126 valence electrons. The summed E-state index contributed by atoms with van der Waals surface area (Å²) >= 11 is 0. The van der Waals surface area contributed by atoms with Gasteiger partial charge in [0.05, 0.1) is 12.8 Å². The summed E-state index contributed by atoms with van der Waals surface area (Å²) in [5.74, 6) is -5.16. The number of hydrogen-bond acceptors (Lipinski definition) is 6. The normalized spacial score (nSPS) is 13.8. The summed E-state index contributed by atoms with van der Waals surface area (Å²) in [5.41, 5.74) is -3.30. The molecule has 1 unspecified atom stereocenters. The second-order valence-corrected chi connectivity index (χ2v) is 5.62. The number of rotatable bonds is 9. The summed E-state index contributed by atoms with van der Waals surface area (Å²) < 4.78 is 9.80. The second-order valence-electron chi connectivity index (χ2n) is 5.62. The molecule has 0 amide bonds. The Morgan fingerprint density at radius 1 is 1.00 bits per heavy atom. The molecule has 0 aromatic rings. The monoisotopic (exact) mass is 318 g/mol. The van der Waals surface area contributed by atoms with Gasteiger partial charge < -0.3 is 19.7 Å². The summed E-state index contributed by atoms with van der Waals surface area (Å²) in [4.78, 5) is 45.3.